The second-order valence-corrected chi connectivity index (χ2v) is 6.33. The molecule has 1 rings (SSSR count). The Kier molecular flexibility index (Phi) is 6.90. The summed E-state index contributed by atoms with van der Waals surface area (Å²) in [5.74, 6) is -1.13. The summed E-state index contributed by atoms with van der Waals surface area (Å²) in [5.41, 5.74) is -0.696. The second-order valence-electron chi connectivity index (χ2n) is 6.33. The number of carbonyl (C=O) groups excluding carboxylic acids is 2. The van der Waals surface area contributed by atoms with E-state index in [1.165, 1.54) is 6.92 Å². The summed E-state index contributed by atoms with van der Waals surface area (Å²) in [6, 6.07) is -1.09. The van der Waals surface area contributed by atoms with Crippen LogP contribution in [0.2, 0.25) is 0 Å². The van der Waals surface area contributed by atoms with Crippen molar-refractivity contribution in [2.24, 2.45) is 0 Å². The molecule has 1 saturated heterocycles. The molecule has 1 heterocycles. The lowest BCUT2D eigenvalue weighted by molar-refractivity contribution is -0.262. The summed E-state index contributed by atoms with van der Waals surface area (Å²) in [6.45, 7) is 5.26. The molecule has 5 atom stereocenters. The highest BCUT2D eigenvalue weighted by atomic mass is 16.6. The van der Waals surface area contributed by atoms with Crippen LogP contribution in [0.15, 0.2) is 0 Å². The molecule has 1 fully saturated rings. The fourth-order valence-electron chi connectivity index (χ4n) is 2.21. The number of aliphatic hydroxyl groups is 3. The average molecular weight is 335 g/mol. The molecule has 23 heavy (non-hydrogen) atoms. The highest BCUT2D eigenvalue weighted by molar-refractivity contribution is 5.73. The third kappa shape index (κ3) is 6.04. The topological polar surface area (TPSA) is 135 Å². The molecule has 4 N–H and O–H groups in total. The lowest BCUT2D eigenvalue weighted by Crippen LogP contribution is -2.65. The van der Waals surface area contributed by atoms with Crippen LogP contribution in [0.25, 0.3) is 0 Å². The van der Waals surface area contributed by atoms with Gasteiger partial charge < -0.3 is 34.8 Å². The van der Waals surface area contributed by atoms with Gasteiger partial charge in [-0.15, -0.1) is 0 Å². The maximum atomic E-state index is 11.7. The molecule has 1 aliphatic heterocycles. The zero-order chi connectivity index (χ0) is 17.8. The molecule has 9 nitrogen and oxygen atoms in total. The number of hydrogen-bond acceptors (Lipinski definition) is 8. The summed E-state index contributed by atoms with van der Waals surface area (Å²) < 4.78 is 15.4. The van der Waals surface area contributed by atoms with Gasteiger partial charge in [0.25, 0.3) is 0 Å². The van der Waals surface area contributed by atoms with E-state index >= 15 is 0 Å². The third-order valence-electron chi connectivity index (χ3n) is 3.06. The smallest absolute Gasteiger partial charge is 0.332 e. The van der Waals surface area contributed by atoms with Crippen molar-refractivity contribution in [3.63, 3.8) is 0 Å². The van der Waals surface area contributed by atoms with Crippen molar-refractivity contribution < 1.29 is 39.1 Å². The zero-order valence-electron chi connectivity index (χ0n) is 13.7. The fraction of sp³-hybridized carbons (Fsp3) is 0.857. The molecule has 0 aliphatic carbocycles. The van der Waals surface area contributed by atoms with Crippen molar-refractivity contribution in [3.8, 4) is 0 Å². The lowest BCUT2D eigenvalue weighted by Gasteiger charge is -2.42. The molecule has 1 amide bonds. The van der Waals surface area contributed by atoms with Crippen molar-refractivity contribution >= 4 is 11.9 Å². The Morgan fingerprint density at radius 3 is 2.35 bits per heavy atom. The zero-order valence-corrected chi connectivity index (χ0v) is 13.7. The van der Waals surface area contributed by atoms with Crippen LogP contribution < -0.4 is 5.32 Å². The van der Waals surface area contributed by atoms with Crippen LogP contribution in [-0.4, -0.2) is 76.7 Å². The Bertz CT molecular complexity index is 421. The number of esters is 1. The van der Waals surface area contributed by atoms with Gasteiger partial charge in [0, 0.05) is 6.92 Å². The Labute approximate surface area is 134 Å². The molecule has 0 spiro atoms. The number of ether oxygens (including phenoxy) is 3. The van der Waals surface area contributed by atoms with Gasteiger partial charge in [-0.25, -0.2) is 4.79 Å². The minimum absolute atomic E-state index is 0.474. The van der Waals surface area contributed by atoms with Crippen LogP contribution in [0.5, 0.6) is 0 Å². The number of hydrogen-bond donors (Lipinski definition) is 4. The maximum absolute atomic E-state index is 11.7. The monoisotopic (exact) mass is 335 g/mol. The van der Waals surface area contributed by atoms with Crippen molar-refractivity contribution in [2.75, 3.05) is 13.2 Å². The molecule has 2 unspecified atom stereocenters. The van der Waals surface area contributed by atoms with Gasteiger partial charge in [-0.1, -0.05) is 0 Å². The first-order valence-electron chi connectivity index (χ1n) is 7.28. The van der Waals surface area contributed by atoms with Crippen LogP contribution >= 0.6 is 0 Å². The maximum Gasteiger partial charge on any atom is 0.332 e. The highest BCUT2D eigenvalue weighted by Crippen LogP contribution is 2.22. The van der Waals surface area contributed by atoms with Crippen molar-refractivity contribution in [2.45, 2.75) is 63.9 Å². The summed E-state index contributed by atoms with van der Waals surface area (Å²) >= 11 is 0. The van der Waals surface area contributed by atoms with E-state index < -0.39 is 61.3 Å². The molecule has 134 valence electrons. The number of nitrogens with one attached hydrogen (secondary N) is 1. The summed E-state index contributed by atoms with van der Waals surface area (Å²) in [7, 11) is 0. The summed E-state index contributed by atoms with van der Waals surface area (Å²) in [4.78, 5) is 22.9. The summed E-state index contributed by atoms with van der Waals surface area (Å²) in [6.07, 6.45) is -5.09. The molecule has 0 aromatic carbocycles. The SMILES string of the molecule is CC(=O)N[C@@H]1C(OCC(=O)OC(C)(C)C)[C@@H](O)C(CO)O[C@@H]1O. The van der Waals surface area contributed by atoms with Gasteiger partial charge in [0.1, 0.15) is 36.6 Å². The van der Waals surface area contributed by atoms with Crippen LogP contribution in [0, 0.1) is 0 Å². The average Bonchev–Trinajstić information content (AvgIpc) is 2.39. The first kappa shape index (κ1) is 19.8. The van der Waals surface area contributed by atoms with E-state index in [9.17, 15) is 19.8 Å². The summed E-state index contributed by atoms with van der Waals surface area (Å²) in [5, 5.41) is 31.6. The van der Waals surface area contributed by atoms with E-state index in [4.69, 9.17) is 19.3 Å². The number of rotatable bonds is 5. The third-order valence-corrected chi connectivity index (χ3v) is 3.06. The minimum Gasteiger partial charge on any atom is -0.458 e. The van der Waals surface area contributed by atoms with Gasteiger partial charge in [-0.2, -0.15) is 0 Å². The Hall–Kier alpha value is -1.26. The number of aliphatic hydroxyl groups excluding tert-OH is 3. The molecular formula is C14H25NO8. The Balaban J connectivity index is 2.77. The van der Waals surface area contributed by atoms with Crippen molar-refractivity contribution in [1.29, 1.82) is 0 Å². The first-order chi connectivity index (χ1) is 10.5. The predicted octanol–water partition coefficient (Wildman–Crippen LogP) is -1.71. The van der Waals surface area contributed by atoms with E-state index in [1.54, 1.807) is 20.8 Å². The van der Waals surface area contributed by atoms with Crippen LogP contribution in [0.1, 0.15) is 27.7 Å². The number of carbonyl (C=O) groups is 2. The predicted molar refractivity (Wildman–Crippen MR) is 77.2 cm³/mol. The van der Waals surface area contributed by atoms with Crippen molar-refractivity contribution in [1.82, 2.24) is 5.32 Å². The van der Waals surface area contributed by atoms with Gasteiger partial charge >= 0.3 is 5.97 Å². The molecule has 0 bridgehead atoms. The van der Waals surface area contributed by atoms with E-state index in [1.807, 2.05) is 0 Å². The molecule has 0 radical (unpaired) electrons. The van der Waals surface area contributed by atoms with Gasteiger partial charge in [-0.3, -0.25) is 4.79 Å². The highest BCUT2D eigenvalue weighted by Gasteiger charge is 2.46. The van der Waals surface area contributed by atoms with E-state index in [-0.39, 0.29) is 0 Å². The standard InChI is InChI=1S/C14H25NO8/c1-7(17)15-10-12(11(19)8(5-16)22-13(10)20)21-6-9(18)23-14(2,3)4/h8,10-13,16,19-20H,5-6H2,1-4H3,(H,15,17)/t8?,10-,11+,12?,13+/m1/s1. The van der Waals surface area contributed by atoms with Crippen LogP contribution in [0.3, 0.4) is 0 Å². The van der Waals surface area contributed by atoms with Gasteiger partial charge in [0.15, 0.2) is 6.29 Å². The second kappa shape index (κ2) is 8.02. The normalized spacial score (nSPS) is 31.5. The van der Waals surface area contributed by atoms with Crippen LogP contribution in [0.4, 0.5) is 0 Å². The van der Waals surface area contributed by atoms with Crippen molar-refractivity contribution in [3.05, 3.63) is 0 Å². The lowest BCUT2D eigenvalue weighted by atomic mass is 9.96. The van der Waals surface area contributed by atoms with E-state index in [2.05, 4.69) is 5.32 Å². The van der Waals surface area contributed by atoms with Gasteiger partial charge in [0.05, 0.1) is 6.61 Å². The van der Waals surface area contributed by atoms with E-state index in [0.717, 1.165) is 0 Å². The Morgan fingerprint density at radius 1 is 1.26 bits per heavy atom. The first-order valence-corrected chi connectivity index (χ1v) is 7.28. The molecule has 1 aliphatic rings. The quantitative estimate of drug-likeness (QED) is 0.436. The fourth-order valence-corrected chi connectivity index (χ4v) is 2.21. The molecule has 0 aromatic rings. The largest absolute Gasteiger partial charge is 0.458 e. The minimum atomic E-state index is -1.50. The molecule has 0 saturated carbocycles. The van der Waals surface area contributed by atoms with Gasteiger partial charge in [-0.05, 0) is 20.8 Å². The van der Waals surface area contributed by atoms with E-state index in [0.29, 0.717) is 0 Å². The van der Waals surface area contributed by atoms with Crippen LogP contribution in [-0.2, 0) is 23.8 Å². The van der Waals surface area contributed by atoms with Gasteiger partial charge in [0.2, 0.25) is 5.91 Å². The molecule has 9 heteroatoms. The molecule has 0 aromatic heterocycles. The Morgan fingerprint density at radius 2 is 1.87 bits per heavy atom. The number of amides is 1. The molecular weight excluding hydrogens is 310 g/mol.